The molecule has 1 heterocycles. The second kappa shape index (κ2) is 4.14. The summed E-state index contributed by atoms with van der Waals surface area (Å²) in [6, 6.07) is 2.09. The van der Waals surface area contributed by atoms with Gasteiger partial charge in [0.2, 0.25) is 0 Å². The van der Waals surface area contributed by atoms with Gasteiger partial charge in [-0.25, -0.2) is 9.97 Å². The first-order valence-electron chi connectivity index (χ1n) is 5.53. The molecule has 1 aromatic rings. The highest BCUT2D eigenvalue weighted by molar-refractivity contribution is 5.31. The van der Waals surface area contributed by atoms with Gasteiger partial charge in [-0.1, -0.05) is 12.8 Å². The third-order valence-electron chi connectivity index (χ3n) is 3.08. The van der Waals surface area contributed by atoms with Crippen LogP contribution in [-0.2, 0) is 0 Å². The third kappa shape index (κ3) is 2.26. The topological polar surface area (TPSA) is 77.8 Å². The maximum Gasteiger partial charge on any atom is 0.127 e. The summed E-state index contributed by atoms with van der Waals surface area (Å²) < 4.78 is 0. The molecule has 1 saturated carbocycles. The van der Waals surface area contributed by atoms with Crippen molar-refractivity contribution in [2.75, 3.05) is 5.73 Å². The molecule has 15 heavy (non-hydrogen) atoms. The smallest absolute Gasteiger partial charge is 0.127 e. The first kappa shape index (κ1) is 10.4. The maximum absolute atomic E-state index is 6.11. The molecule has 2 unspecified atom stereocenters. The predicted molar refractivity (Wildman–Crippen MR) is 60.4 cm³/mol. The van der Waals surface area contributed by atoms with Gasteiger partial charge in [0.25, 0.3) is 0 Å². The highest BCUT2D eigenvalue weighted by Crippen LogP contribution is 2.31. The molecule has 2 atom stereocenters. The lowest BCUT2D eigenvalue weighted by Gasteiger charge is -2.28. The number of anilines is 1. The van der Waals surface area contributed by atoms with E-state index in [0.717, 1.165) is 24.4 Å². The van der Waals surface area contributed by atoms with Gasteiger partial charge in [-0.15, -0.1) is 0 Å². The Kier molecular flexibility index (Phi) is 2.86. The second-order valence-corrected chi connectivity index (χ2v) is 4.32. The summed E-state index contributed by atoms with van der Waals surface area (Å²) in [6.45, 7) is 1.87. The SMILES string of the molecule is Cc1nc(N)cc(C2CCCCC2N)n1. The van der Waals surface area contributed by atoms with E-state index >= 15 is 0 Å². The van der Waals surface area contributed by atoms with Gasteiger partial charge >= 0.3 is 0 Å². The zero-order chi connectivity index (χ0) is 10.8. The number of aromatic nitrogens is 2. The van der Waals surface area contributed by atoms with Crippen LogP contribution in [0.5, 0.6) is 0 Å². The van der Waals surface area contributed by atoms with E-state index in [1.807, 2.05) is 13.0 Å². The number of hydrogen-bond donors (Lipinski definition) is 2. The fraction of sp³-hybridized carbons (Fsp3) is 0.636. The van der Waals surface area contributed by atoms with Crippen LogP contribution in [0.25, 0.3) is 0 Å². The summed E-state index contributed by atoms with van der Waals surface area (Å²) in [5.41, 5.74) is 12.9. The van der Waals surface area contributed by atoms with Gasteiger partial charge in [0.15, 0.2) is 0 Å². The minimum Gasteiger partial charge on any atom is -0.384 e. The Balaban J connectivity index is 2.27. The number of nitrogens with two attached hydrogens (primary N) is 2. The number of rotatable bonds is 1. The Hall–Kier alpha value is -1.16. The van der Waals surface area contributed by atoms with E-state index < -0.39 is 0 Å². The van der Waals surface area contributed by atoms with E-state index in [-0.39, 0.29) is 6.04 Å². The summed E-state index contributed by atoms with van der Waals surface area (Å²) in [5, 5.41) is 0. The first-order valence-corrected chi connectivity index (χ1v) is 5.53. The Morgan fingerprint density at radius 1 is 1.27 bits per heavy atom. The molecule has 0 radical (unpaired) electrons. The number of aryl methyl sites for hydroxylation is 1. The van der Waals surface area contributed by atoms with Crippen molar-refractivity contribution < 1.29 is 0 Å². The van der Waals surface area contributed by atoms with Crippen LogP contribution in [0.3, 0.4) is 0 Å². The molecule has 0 amide bonds. The second-order valence-electron chi connectivity index (χ2n) is 4.32. The van der Waals surface area contributed by atoms with Crippen LogP contribution in [-0.4, -0.2) is 16.0 Å². The lowest BCUT2D eigenvalue weighted by molar-refractivity contribution is 0.379. The Labute approximate surface area is 90.1 Å². The molecule has 1 fully saturated rings. The maximum atomic E-state index is 6.11. The van der Waals surface area contributed by atoms with Gasteiger partial charge in [-0.05, 0) is 19.8 Å². The lowest BCUT2D eigenvalue weighted by atomic mass is 9.83. The molecule has 82 valence electrons. The van der Waals surface area contributed by atoms with Crippen molar-refractivity contribution in [3.63, 3.8) is 0 Å². The molecule has 0 spiro atoms. The molecule has 1 aliphatic rings. The first-order chi connectivity index (χ1) is 7.16. The third-order valence-corrected chi connectivity index (χ3v) is 3.08. The zero-order valence-corrected chi connectivity index (χ0v) is 9.11. The van der Waals surface area contributed by atoms with Crippen molar-refractivity contribution in [2.45, 2.75) is 44.6 Å². The molecular weight excluding hydrogens is 188 g/mol. The van der Waals surface area contributed by atoms with Crippen LogP contribution in [0.15, 0.2) is 6.07 Å². The lowest BCUT2D eigenvalue weighted by Crippen LogP contribution is -2.32. The van der Waals surface area contributed by atoms with E-state index in [1.165, 1.54) is 12.8 Å². The highest BCUT2D eigenvalue weighted by atomic mass is 14.9. The number of nitrogen functional groups attached to an aromatic ring is 1. The van der Waals surface area contributed by atoms with Gasteiger partial charge < -0.3 is 11.5 Å². The molecule has 0 aromatic carbocycles. The minimum absolute atomic E-state index is 0.229. The average Bonchev–Trinajstić information content (AvgIpc) is 2.16. The molecule has 0 bridgehead atoms. The van der Waals surface area contributed by atoms with Crippen molar-refractivity contribution in [1.82, 2.24) is 9.97 Å². The Bertz CT molecular complexity index is 330. The van der Waals surface area contributed by atoms with Crippen LogP contribution in [0.2, 0.25) is 0 Å². The quantitative estimate of drug-likeness (QED) is 0.727. The molecule has 4 N–H and O–H groups in total. The number of hydrogen-bond acceptors (Lipinski definition) is 4. The molecular formula is C11H18N4. The largest absolute Gasteiger partial charge is 0.384 e. The van der Waals surface area contributed by atoms with E-state index in [1.54, 1.807) is 0 Å². The van der Waals surface area contributed by atoms with Crippen molar-refractivity contribution in [3.8, 4) is 0 Å². The molecule has 2 rings (SSSR count). The van der Waals surface area contributed by atoms with E-state index in [9.17, 15) is 0 Å². The van der Waals surface area contributed by atoms with Crippen molar-refractivity contribution >= 4 is 5.82 Å². The Morgan fingerprint density at radius 3 is 2.67 bits per heavy atom. The summed E-state index contributed by atoms with van der Waals surface area (Å²) in [5.74, 6) is 1.65. The molecule has 4 nitrogen and oxygen atoms in total. The van der Waals surface area contributed by atoms with E-state index in [0.29, 0.717) is 11.7 Å². The van der Waals surface area contributed by atoms with Gasteiger partial charge in [0, 0.05) is 18.0 Å². The standard InChI is InChI=1S/C11H18N4/c1-7-14-10(6-11(13)15-7)8-4-2-3-5-9(8)12/h6,8-9H,2-5,12H2,1H3,(H2,13,14,15). The molecule has 0 saturated heterocycles. The van der Waals surface area contributed by atoms with Crippen molar-refractivity contribution in [1.29, 1.82) is 0 Å². The van der Waals surface area contributed by atoms with E-state index in [2.05, 4.69) is 9.97 Å². The van der Waals surface area contributed by atoms with Crippen LogP contribution >= 0.6 is 0 Å². The van der Waals surface area contributed by atoms with E-state index in [4.69, 9.17) is 11.5 Å². The average molecular weight is 206 g/mol. The molecule has 1 aliphatic carbocycles. The van der Waals surface area contributed by atoms with Gasteiger partial charge in [0.05, 0.1) is 5.69 Å². The fourth-order valence-electron chi connectivity index (χ4n) is 2.33. The van der Waals surface area contributed by atoms with Crippen LogP contribution < -0.4 is 11.5 Å². The molecule has 0 aliphatic heterocycles. The summed E-state index contributed by atoms with van der Waals surface area (Å²) in [4.78, 5) is 8.52. The highest BCUT2D eigenvalue weighted by Gasteiger charge is 2.24. The number of nitrogens with zero attached hydrogens (tertiary/aromatic N) is 2. The van der Waals surface area contributed by atoms with Crippen LogP contribution in [0, 0.1) is 6.92 Å². The minimum atomic E-state index is 0.229. The van der Waals surface area contributed by atoms with Gasteiger partial charge in [-0.2, -0.15) is 0 Å². The van der Waals surface area contributed by atoms with Crippen molar-refractivity contribution in [2.24, 2.45) is 5.73 Å². The van der Waals surface area contributed by atoms with Crippen LogP contribution in [0.4, 0.5) is 5.82 Å². The molecule has 1 aromatic heterocycles. The fourth-order valence-corrected chi connectivity index (χ4v) is 2.33. The normalized spacial score (nSPS) is 26.5. The zero-order valence-electron chi connectivity index (χ0n) is 9.11. The van der Waals surface area contributed by atoms with Crippen molar-refractivity contribution in [3.05, 3.63) is 17.6 Å². The predicted octanol–water partition coefficient (Wildman–Crippen LogP) is 1.35. The van der Waals surface area contributed by atoms with Crippen LogP contribution in [0.1, 0.15) is 43.1 Å². The Morgan fingerprint density at radius 2 is 2.00 bits per heavy atom. The molecule has 4 heteroatoms. The van der Waals surface area contributed by atoms with Gasteiger partial charge in [0.1, 0.15) is 11.6 Å². The summed E-state index contributed by atoms with van der Waals surface area (Å²) in [7, 11) is 0. The monoisotopic (exact) mass is 206 g/mol. The van der Waals surface area contributed by atoms with Gasteiger partial charge in [-0.3, -0.25) is 0 Å². The summed E-state index contributed by atoms with van der Waals surface area (Å²) in [6.07, 6.45) is 4.68. The summed E-state index contributed by atoms with van der Waals surface area (Å²) >= 11 is 0.